The van der Waals surface area contributed by atoms with Gasteiger partial charge in [-0.05, 0) is 19.9 Å². The van der Waals surface area contributed by atoms with Gasteiger partial charge in [0.1, 0.15) is 11.9 Å². The Labute approximate surface area is 101 Å². The monoisotopic (exact) mass is 238 g/mol. The SMILES string of the molecule is COc1cccc(NCC2COC(C)(C)O2)n1. The number of methoxy groups -OCH3 is 1. The summed E-state index contributed by atoms with van der Waals surface area (Å²) in [5, 5.41) is 3.20. The quantitative estimate of drug-likeness (QED) is 0.864. The number of hydrogen-bond donors (Lipinski definition) is 1. The van der Waals surface area contributed by atoms with E-state index in [4.69, 9.17) is 14.2 Å². The van der Waals surface area contributed by atoms with Crippen LogP contribution < -0.4 is 10.1 Å². The molecule has 1 N–H and O–H groups in total. The molecule has 1 aliphatic rings. The van der Waals surface area contributed by atoms with Crippen molar-refractivity contribution in [2.75, 3.05) is 25.6 Å². The zero-order valence-electron chi connectivity index (χ0n) is 10.4. The van der Waals surface area contributed by atoms with Gasteiger partial charge in [-0.3, -0.25) is 0 Å². The van der Waals surface area contributed by atoms with E-state index in [1.54, 1.807) is 7.11 Å². The highest BCUT2D eigenvalue weighted by atomic mass is 16.7. The molecule has 1 fully saturated rings. The van der Waals surface area contributed by atoms with E-state index in [9.17, 15) is 0 Å². The number of aromatic nitrogens is 1. The summed E-state index contributed by atoms with van der Waals surface area (Å²) in [6.45, 7) is 5.10. The second kappa shape index (κ2) is 4.89. The lowest BCUT2D eigenvalue weighted by Gasteiger charge is -2.17. The molecule has 1 atom stereocenters. The van der Waals surface area contributed by atoms with Gasteiger partial charge in [0.15, 0.2) is 5.79 Å². The first-order valence-electron chi connectivity index (χ1n) is 5.66. The van der Waals surface area contributed by atoms with E-state index in [1.165, 1.54) is 0 Å². The van der Waals surface area contributed by atoms with Crippen molar-refractivity contribution in [2.45, 2.75) is 25.7 Å². The fourth-order valence-corrected chi connectivity index (χ4v) is 1.71. The highest BCUT2D eigenvalue weighted by Gasteiger charge is 2.32. The van der Waals surface area contributed by atoms with Crippen molar-refractivity contribution in [1.29, 1.82) is 0 Å². The van der Waals surface area contributed by atoms with Crippen LogP contribution in [0.1, 0.15) is 13.8 Å². The van der Waals surface area contributed by atoms with E-state index in [0.717, 1.165) is 5.82 Å². The smallest absolute Gasteiger partial charge is 0.214 e. The number of pyridine rings is 1. The third kappa shape index (κ3) is 3.31. The van der Waals surface area contributed by atoms with Crippen molar-refractivity contribution in [2.24, 2.45) is 0 Å². The zero-order valence-corrected chi connectivity index (χ0v) is 10.4. The van der Waals surface area contributed by atoms with Crippen LogP contribution in [0.25, 0.3) is 0 Å². The molecule has 17 heavy (non-hydrogen) atoms. The molecule has 0 radical (unpaired) electrons. The van der Waals surface area contributed by atoms with Crippen LogP contribution in [-0.2, 0) is 9.47 Å². The summed E-state index contributed by atoms with van der Waals surface area (Å²) in [5.41, 5.74) is 0. The first kappa shape index (κ1) is 12.1. The minimum Gasteiger partial charge on any atom is -0.481 e. The molecule has 1 saturated heterocycles. The molecule has 94 valence electrons. The molecule has 5 nitrogen and oxygen atoms in total. The van der Waals surface area contributed by atoms with Crippen LogP contribution in [0, 0.1) is 0 Å². The van der Waals surface area contributed by atoms with Crippen LogP contribution in [0.15, 0.2) is 18.2 Å². The second-order valence-corrected chi connectivity index (χ2v) is 4.40. The first-order chi connectivity index (χ1) is 8.09. The lowest BCUT2D eigenvalue weighted by molar-refractivity contribution is -0.136. The Balaban J connectivity index is 1.86. The van der Waals surface area contributed by atoms with Crippen molar-refractivity contribution in [3.05, 3.63) is 18.2 Å². The normalized spacial score (nSPS) is 22.4. The van der Waals surface area contributed by atoms with E-state index in [0.29, 0.717) is 19.0 Å². The molecule has 2 rings (SSSR count). The molecule has 1 unspecified atom stereocenters. The van der Waals surface area contributed by atoms with Gasteiger partial charge in [0.05, 0.1) is 13.7 Å². The first-order valence-corrected chi connectivity index (χ1v) is 5.66. The van der Waals surface area contributed by atoms with E-state index >= 15 is 0 Å². The Morgan fingerprint density at radius 3 is 3.00 bits per heavy atom. The summed E-state index contributed by atoms with van der Waals surface area (Å²) < 4.78 is 16.2. The van der Waals surface area contributed by atoms with E-state index < -0.39 is 5.79 Å². The maximum atomic E-state index is 5.68. The molecule has 2 heterocycles. The van der Waals surface area contributed by atoms with Gasteiger partial charge < -0.3 is 19.5 Å². The molecule has 1 aliphatic heterocycles. The molecule has 5 heteroatoms. The van der Waals surface area contributed by atoms with Crippen molar-refractivity contribution in [3.8, 4) is 5.88 Å². The lowest BCUT2D eigenvalue weighted by Crippen LogP contribution is -2.26. The maximum absolute atomic E-state index is 5.68. The van der Waals surface area contributed by atoms with Gasteiger partial charge in [-0.2, -0.15) is 4.98 Å². The van der Waals surface area contributed by atoms with Crippen molar-refractivity contribution in [3.63, 3.8) is 0 Å². The molecular formula is C12H18N2O3. The summed E-state index contributed by atoms with van der Waals surface area (Å²) in [6.07, 6.45) is 0.0537. The average molecular weight is 238 g/mol. The Morgan fingerprint density at radius 2 is 2.35 bits per heavy atom. The summed E-state index contributed by atoms with van der Waals surface area (Å²) in [6, 6.07) is 5.59. The van der Waals surface area contributed by atoms with Crippen molar-refractivity contribution < 1.29 is 14.2 Å². The molecule has 0 aromatic carbocycles. The van der Waals surface area contributed by atoms with Crippen LogP contribution >= 0.6 is 0 Å². The van der Waals surface area contributed by atoms with Gasteiger partial charge in [-0.1, -0.05) is 6.07 Å². The number of rotatable bonds is 4. The number of nitrogens with one attached hydrogen (secondary N) is 1. The predicted octanol–water partition coefficient (Wildman–Crippen LogP) is 1.65. The van der Waals surface area contributed by atoms with Gasteiger partial charge in [0.25, 0.3) is 0 Å². The van der Waals surface area contributed by atoms with Gasteiger partial charge >= 0.3 is 0 Å². The minimum absolute atomic E-state index is 0.0537. The number of nitrogens with zero attached hydrogens (tertiary/aromatic N) is 1. The molecular weight excluding hydrogens is 220 g/mol. The second-order valence-electron chi connectivity index (χ2n) is 4.40. The van der Waals surface area contributed by atoms with Crippen molar-refractivity contribution >= 4 is 5.82 Å². The standard InChI is InChI=1S/C12H18N2O3/c1-12(2)16-8-9(17-12)7-13-10-5-4-6-11(14-10)15-3/h4-6,9H,7-8H2,1-3H3,(H,13,14). The molecule has 0 bridgehead atoms. The van der Waals surface area contributed by atoms with E-state index in [-0.39, 0.29) is 6.10 Å². The third-order valence-corrected chi connectivity index (χ3v) is 2.51. The Morgan fingerprint density at radius 1 is 1.53 bits per heavy atom. The zero-order chi connectivity index (χ0) is 12.3. The van der Waals surface area contributed by atoms with Gasteiger partial charge in [0.2, 0.25) is 5.88 Å². The Hall–Kier alpha value is -1.33. The summed E-state index contributed by atoms with van der Waals surface area (Å²) in [5.74, 6) is 0.894. The number of hydrogen-bond acceptors (Lipinski definition) is 5. The fraction of sp³-hybridized carbons (Fsp3) is 0.583. The summed E-state index contributed by atoms with van der Waals surface area (Å²) in [7, 11) is 1.60. The lowest BCUT2D eigenvalue weighted by atomic mass is 10.3. The predicted molar refractivity (Wildman–Crippen MR) is 64.2 cm³/mol. The molecule has 0 saturated carbocycles. The molecule has 1 aromatic rings. The Kier molecular flexibility index (Phi) is 3.49. The average Bonchev–Trinajstić information content (AvgIpc) is 2.67. The topological polar surface area (TPSA) is 52.6 Å². The highest BCUT2D eigenvalue weighted by molar-refractivity contribution is 5.37. The summed E-state index contributed by atoms with van der Waals surface area (Å²) in [4.78, 5) is 4.26. The maximum Gasteiger partial charge on any atom is 0.214 e. The number of anilines is 1. The summed E-state index contributed by atoms with van der Waals surface area (Å²) >= 11 is 0. The minimum atomic E-state index is -0.478. The van der Waals surface area contributed by atoms with E-state index in [1.807, 2.05) is 32.0 Å². The van der Waals surface area contributed by atoms with Crippen molar-refractivity contribution in [1.82, 2.24) is 4.98 Å². The Bertz CT molecular complexity index is 382. The fourth-order valence-electron chi connectivity index (χ4n) is 1.71. The molecule has 0 spiro atoms. The molecule has 1 aromatic heterocycles. The van der Waals surface area contributed by atoms with Crippen LogP contribution in [0.5, 0.6) is 5.88 Å². The van der Waals surface area contributed by atoms with Crippen LogP contribution in [0.4, 0.5) is 5.82 Å². The molecule has 0 aliphatic carbocycles. The van der Waals surface area contributed by atoms with Gasteiger partial charge in [-0.25, -0.2) is 0 Å². The van der Waals surface area contributed by atoms with Crippen LogP contribution in [-0.4, -0.2) is 37.1 Å². The van der Waals surface area contributed by atoms with E-state index in [2.05, 4.69) is 10.3 Å². The number of ether oxygens (including phenoxy) is 3. The third-order valence-electron chi connectivity index (χ3n) is 2.51. The van der Waals surface area contributed by atoms with Gasteiger partial charge in [-0.15, -0.1) is 0 Å². The van der Waals surface area contributed by atoms with Gasteiger partial charge in [0, 0.05) is 12.6 Å². The van der Waals surface area contributed by atoms with Crippen LogP contribution in [0.3, 0.4) is 0 Å². The largest absolute Gasteiger partial charge is 0.481 e. The molecule has 0 amide bonds. The highest BCUT2D eigenvalue weighted by Crippen LogP contribution is 2.22. The van der Waals surface area contributed by atoms with Crippen LogP contribution in [0.2, 0.25) is 0 Å².